The molecule has 1 aliphatic rings. The lowest BCUT2D eigenvalue weighted by atomic mass is 10.1. The van der Waals surface area contributed by atoms with Crippen molar-refractivity contribution in [3.63, 3.8) is 0 Å². The largest absolute Gasteiger partial charge is 0.332 e. The number of urea groups is 1. The molecule has 1 rings (SSSR count). The predicted molar refractivity (Wildman–Crippen MR) is 33.5 cm³/mol. The highest BCUT2D eigenvalue weighted by molar-refractivity contribution is 5.76. The summed E-state index contributed by atoms with van der Waals surface area (Å²) in [4.78, 5) is 10.7. The van der Waals surface area contributed by atoms with E-state index in [0.717, 1.165) is 0 Å². The Balaban J connectivity index is 2.65. The number of carbonyl (C=O) groups excluding carboxylic acids is 1. The molecule has 3 N–H and O–H groups in total. The first-order valence-electron chi connectivity index (χ1n) is 2.86. The second kappa shape index (κ2) is 1.60. The normalized spacial score (nSPS) is 24.3. The number of hydrazine groups is 1. The molecule has 1 fully saturated rings. The Labute approximate surface area is 54.0 Å². The van der Waals surface area contributed by atoms with Crippen LogP contribution < -0.4 is 11.2 Å². The number of nitrogens with zero attached hydrogens (tertiary/aromatic N) is 1. The van der Waals surface area contributed by atoms with E-state index in [0.29, 0.717) is 6.54 Å². The van der Waals surface area contributed by atoms with E-state index < -0.39 is 0 Å². The summed E-state index contributed by atoms with van der Waals surface area (Å²) in [5, 5.41) is 3.89. The lowest BCUT2D eigenvalue weighted by Crippen LogP contribution is -2.36. The van der Waals surface area contributed by atoms with E-state index >= 15 is 0 Å². The summed E-state index contributed by atoms with van der Waals surface area (Å²) in [6.45, 7) is 4.43. The summed E-state index contributed by atoms with van der Waals surface area (Å²) in [7, 11) is 0. The molecule has 0 radical (unpaired) electrons. The number of hydrogen-bond donors (Lipinski definition) is 2. The molecular formula is C5H11N3O. The standard InChI is InChI=1S/C5H11N3O/c1-5(2)3-8(6)4(9)7-5/h3,6H2,1-2H3,(H,7,9). The van der Waals surface area contributed by atoms with E-state index in [-0.39, 0.29) is 11.6 Å². The molecule has 0 bridgehead atoms. The number of nitrogens with two attached hydrogens (primary N) is 1. The van der Waals surface area contributed by atoms with Gasteiger partial charge in [0.2, 0.25) is 0 Å². The van der Waals surface area contributed by atoms with Crippen LogP contribution in [0.1, 0.15) is 13.8 Å². The Morgan fingerprint density at radius 1 is 1.78 bits per heavy atom. The molecule has 0 aromatic carbocycles. The van der Waals surface area contributed by atoms with Gasteiger partial charge in [0, 0.05) is 0 Å². The molecule has 2 amide bonds. The molecule has 0 saturated carbocycles. The van der Waals surface area contributed by atoms with Gasteiger partial charge in [-0.15, -0.1) is 0 Å². The first kappa shape index (κ1) is 6.35. The van der Waals surface area contributed by atoms with Crippen LogP contribution in [0.4, 0.5) is 4.79 Å². The van der Waals surface area contributed by atoms with E-state index in [2.05, 4.69) is 5.32 Å². The SMILES string of the molecule is CC1(C)CN(N)C(=O)N1. The third kappa shape index (κ3) is 1.13. The van der Waals surface area contributed by atoms with Gasteiger partial charge in [-0.05, 0) is 13.8 Å². The van der Waals surface area contributed by atoms with Crippen molar-refractivity contribution in [3.8, 4) is 0 Å². The topological polar surface area (TPSA) is 58.4 Å². The van der Waals surface area contributed by atoms with Gasteiger partial charge in [-0.3, -0.25) is 5.01 Å². The fourth-order valence-corrected chi connectivity index (χ4v) is 0.898. The summed E-state index contributed by atoms with van der Waals surface area (Å²) in [6.07, 6.45) is 0. The van der Waals surface area contributed by atoms with Crippen LogP contribution in [0.2, 0.25) is 0 Å². The number of rotatable bonds is 0. The third-order valence-electron chi connectivity index (χ3n) is 1.27. The van der Waals surface area contributed by atoms with Crippen molar-refractivity contribution in [2.24, 2.45) is 5.84 Å². The van der Waals surface area contributed by atoms with Crippen molar-refractivity contribution in [1.29, 1.82) is 0 Å². The molecule has 1 heterocycles. The Morgan fingerprint density at radius 3 is 2.44 bits per heavy atom. The Bertz CT molecular complexity index is 143. The van der Waals surface area contributed by atoms with E-state index in [9.17, 15) is 4.79 Å². The minimum absolute atomic E-state index is 0.161. The molecule has 0 aromatic heterocycles. The minimum Gasteiger partial charge on any atom is -0.330 e. The summed E-state index contributed by atoms with van der Waals surface area (Å²) in [6, 6.07) is -0.194. The second-order valence-electron chi connectivity index (χ2n) is 2.94. The molecule has 1 saturated heterocycles. The van der Waals surface area contributed by atoms with Crippen molar-refractivity contribution in [1.82, 2.24) is 10.3 Å². The fourth-order valence-electron chi connectivity index (χ4n) is 0.898. The molecule has 1 aliphatic heterocycles. The molecule has 0 atom stereocenters. The van der Waals surface area contributed by atoms with Crippen LogP contribution in [0.5, 0.6) is 0 Å². The Hall–Kier alpha value is -0.770. The van der Waals surface area contributed by atoms with Gasteiger partial charge in [0.05, 0.1) is 12.1 Å². The molecular weight excluding hydrogens is 118 g/mol. The highest BCUT2D eigenvalue weighted by Gasteiger charge is 2.32. The molecule has 52 valence electrons. The van der Waals surface area contributed by atoms with Crippen LogP contribution in [-0.2, 0) is 0 Å². The maximum atomic E-state index is 10.7. The van der Waals surface area contributed by atoms with Crippen LogP contribution in [0.3, 0.4) is 0 Å². The summed E-state index contributed by atoms with van der Waals surface area (Å²) in [5.74, 6) is 5.28. The average molecular weight is 129 g/mol. The summed E-state index contributed by atoms with van der Waals surface area (Å²) >= 11 is 0. The third-order valence-corrected chi connectivity index (χ3v) is 1.27. The van der Waals surface area contributed by atoms with Crippen LogP contribution in [-0.4, -0.2) is 23.1 Å². The van der Waals surface area contributed by atoms with E-state index in [1.807, 2.05) is 13.8 Å². The average Bonchev–Trinajstić information content (AvgIpc) is 1.79. The van der Waals surface area contributed by atoms with Gasteiger partial charge in [-0.25, -0.2) is 10.6 Å². The monoisotopic (exact) mass is 129 g/mol. The predicted octanol–water partition coefficient (Wildman–Crippen LogP) is -0.336. The van der Waals surface area contributed by atoms with Crippen molar-refractivity contribution < 1.29 is 4.79 Å². The maximum absolute atomic E-state index is 10.7. The number of nitrogens with one attached hydrogen (secondary N) is 1. The van der Waals surface area contributed by atoms with Gasteiger partial charge < -0.3 is 5.32 Å². The number of hydrogen-bond acceptors (Lipinski definition) is 2. The van der Waals surface area contributed by atoms with Crippen LogP contribution in [0.15, 0.2) is 0 Å². The zero-order chi connectivity index (χ0) is 7.07. The summed E-state index contributed by atoms with van der Waals surface area (Å²) in [5.41, 5.74) is -0.161. The van der Waals surface area contributed by atoms with Gasteiger partial charge in [-0.1, -0.05) is 0 Å². The van der Waals surface area contributed by atoms with Gasteiger partial charge in [0.15, 0.2) is 0 Å². The zero-order valence-corrected chi connectivity index (χ0v) is 5.64. The smallest absolute Gasteiger partial charge is 0.330 e. The van der Waals surface area contributed by atoms with Crippen LogP contribution >= 0.6 is 0 Å². The highest BCUT2D eigenvalue weighted by atomic mass is 16.2. The van der Waals surface area contributed by atoms with E-state index in [1.54, 1.807) is 0 Å². The first-order chi connectivity index (χ1) is 4.01. The fraction of sp³-hybridized carbons (Fsp3) is 0.800. The quantitative estimate of drug-likeness (QED) is 0.347. The lowest BCUT2D eigenvalue weighted by Gasteiger charge is -2.14. The molecule has 0 unspecified atom stereocenters. The highest BCUT2D eigenvalue weighted by Crippen LogP contribution is 2.09. The molecule has 0 aliphatic carbocycles. The van der Waals surface area contributed by atoms with Gasteiger partial charge in [0.1, 0.15) is 0 Å². The molecule has 4 heteroatoms. The van der Waals surface area contributed by atoms with Crippen molar-refractivity contribution in [2.45, 2.75) is 19.4 Å². The minimum atomic E-state index is -0.194. The Morgan fingerprint density at radius 2 is 2.33 bits per heavy atom. The first-order valence-corrected chi connectivity index (χ1v) is 2.86. The van der Waals surface area contributed by atoms with Gasteiger partial charge >= 0.3 is 6.03 Å². The van der Waals surface area contributed by atoms with Gasteiger partial charge in [-0.2, -0.15) is 0 Å². The number of carbonyl (C=O) groups is 1. The van der Waals surface area contributed by atoms with Crippen LogP contribution in [0, 0.1) is 0 Å². The Kier molecular flexibility index (Phi) is 1.13. The molecule has 0 spiro atoms. The molecule has 9 heavy (non-hydrogen) atoms. The molecule has 0 aromatic rings. The maximum Gasteiger partial charge on any atom is 0.332 e. The van der Waals surface area contributed by atoms with Crippen molar-refractivity contribution in [2.75, 3.05) is 6.54 Å². The second-order valence-corrected chi connectivity index (χ2v) is 2.94. The van der Waals surface area contributed by atoms with Gasteiger partial charge in [0.25, 0.3) is 0 Å². The lowest BCUT2D eigenvalue weighted by molar-refractivity contribution is 0.218. The van der Waals surface area contributed by atoms with Crippen LogP contribution in [0.25, 0.3) is 0 Å². The van der Waals surface area contributed by atoms with Crippen molar-refractivity contribution >= 4 is 6.03 Å². The van der Waals surface area contributed by atoms with E-state index in [4.69, 9.17) is 5.84 Å². The number of amides is 2. The zero-order valence-electron chi connectivity index (χ0n) is 5.64. The molecule has 4 nitrogen and oxygen atoms in total. The summed E-state index contributed by atoms with van der Waals surface area (Å²) < 4.78 is 0. The van der Waals surface area contributed by atoms with Crippen molar-refractivity contribution in [3.05, 3.63) is 0 Å². The van der Waals surface area contributed by atoms with E-state index in [1.165, 1.54) is 5.01 Å².